The van der Waals surface area contributed by atoms with Gasteiger partial charge in [0.05, 0.1) is 0 Å². The Balaban J connectivity index is 1.68. The molecule has 2 aromatic carbocycles. The Bertz CT molecular complexity index is 701. The minimum atomic E-state index is -1.01. The molecule has 7 heteroatoms. The largest absolute Gasteiger partial charge is 0.508 e. The second kappa shape index (κ2) is 10.4. The van der Waals surface area contributed by atoms with Crippen molar-refractivity contribution in [2.24, 2.45) is 0 Å². The third kappa shape index (κ3) is 7.98. The van der Waals surface area contributed by atoms with E-state index in [1.165, 1.54) is 12.1 Å². The number of phenols is 1. The van der Waals surface area contributed by atoms with Crippen molar-refractivity contribution in [3.05, 3.63) is 54.1 Å². The van der Waals surface area contributed by atoms with Crippen molar-refractivity contribution in [1.82, 2.24) is 5.32 Å². The third-order valence-corrected chi connectivity index (χ3v) is 3.81. The van der Waals surface area contributed by atoms with Crippen LogP contribution in [0.15, 0.2) is 48.5 Å². The molecule has 0 saturated heterocycles. The molecule has 0 radical (unpaired) electrons. The van der Waals surface area contributed by atoms with Crippen LogP contribution in [0.4, 0.5) is 0 Å². The molecular weight excluding hydrogens is 350 g/mol. The van der Waals surface area contributed by atoms with Gasteiger partial charge < -0.3 is 30.1 Å². The lowest BCUT2D eigenvalue weighted by Gasteiger charge is -2.18. The maximum atomic E-state index is 10.5. The number of hydrogen-bond acceptors (Lipinski definition) is 6. The molecule has 2 atom stereocenters. The van der Waals surface area contributed by atoms with Crippen molar-refractivity contribution >= 4 is 5.97 Å². The molecule has 0 heterocycles. The van der Waals surface area contributed by atoms with Gasteiger partial charge in [-0.15, -0.1) is 0 Å². The Morgan fingerprint density at radius 2 is 1.63 bits per heavy atom. The first-order valence-corrected chi connectivity index (χ1v) is 8.69. The fourth-order valence-corrected chi connectivity index (χ4v) is 2.42. The molecule has 0 aliphatic rings. The summed E-state index contributed by atoms with van der Waals surface area (Å²) >= 11 is 0. The van der Waals surface area contributed by atoms with Gasteiger partial charge in [0, 0.05) is 12.6 Å². The van der Waals surface area contributed by atoms with Crippen molar-refractivity contribution in [1.29, 1.82) is 0 Å². The molecule has 0 amide bonds. The Kier molecular flexibility index (Phi) is 7.91. The van der Waals surface area contributed by atoms with Gasteiger partial charge in [0.1, 0.15) is 30.0 Å². The van der Waals surface area contributed by atoms with Gasteiger partial charge in [0.15, 0.2) is 6.61 Å². The van der Waals surface area contributed by atoms with Crippen molar-refractivity contribution < 1.29 is 29.6 Å². The Morgan fingerprint density at radius 3 is 2.26 bits per heavy atom. The lowest BCUT2D eigenvalue weighted by Crippen LogP contribution is -2.37. The molecule has 0 aliphatic carbocycles. The first kappa shape index (κ1) is 20.5. The number of phenolic OH excluding ortho intramolecular Hbond substituents is 1. The number of hydrogen-bond donors (Lipinski definition) is 4. The first-order chi connectivity index (χ1) is 12.9. The fourth-order valence-electron chi connectivity index (χ4n) is 2.42. The van der Waals surface area contributed by atoms with Crippen LogP contribution >= 0.6 is 0 Å². The fraction of sp³-hybridized carbons (Fsp3) is 0.350. The van der Waals surface area contributed by atoms with E-state index in [1.807, 2.05) is 19.1 Å². The highest BCUT2D eigenvalue weighted by Gasteiger charge is 2.09. The second-order valence-electron chi connectivity index (χ2n) is 6.30. The molecule has 0 aliphatic heterocycles. The van der Waals surface area contributed by atoms with E-state index in [4.69, 9.17) is 14.6 Å². The SMILES string of the molecule is CC(Cc1ccc(OCC(=O)O)cc1)NCC(O)COc1ccc(O)cc1. The highest BCUT2D eigenvalue weighted by molar-refractivity contribution is 5.68. The molecule has 27 heavy (non-hydrogen) atoms. The molecule has 2 unspecified atom stereocenters. The van der Waals surface area contributed by atoms with Gasteiger partial charge in [0.2, 0.25) is 0 Å². The van der Waals surface area contributed by atoms with Crippen molar-refractivity contribution in [3.8, 4) is 17.2 Å². The van der Waals surface area contributed by atoms with E-state index < -0.39 is 12.1 Å². The summed E-state index contributed by atoms with van der Waals surface area (Å²) in [5.74, 6) is 0.262. The van der Waals surface area contributed by atoms with Crippen LogP contribution in [-0.4, -0.2) is 53.2 Å². The van der Waals surface area contributed by atoms with E-state index in [0.29, 0.717) is 18.0 Å². The number of aliphatic carboxylic acids is 1. The summed E-state index contributed by atoms with van der Waals surface area (Å²) < 4.78 is 10.6. The average molecular weight is 375 g/mol. The lowest BCUT2D eigenvalue weighted by atomic mass is 10.1. The topological polar surface area (TPSA) is 108 Å². The maximum Gasteiger partial charge on any atom is 0.341 e. The van der Waals surface area contributed by atoms with Gasteiger partial charge in [-0.05, 0) is 55.3 Å². The summed E-state index contributed by atoms with van der Waals surface area (Å²) in [5.41, 5.74) is 1.08. The standard InChI is InChI=1S/C20H25NO6/c1-14(10-15-2-6-18(7-3-15)27-13-20(24)25)21-11-17(23)12-26-19-8-4-16(22)5-9-19/h2-9,14,17,21-23H,10-13H2,1H3,(H,24,25). The van der Waals surface area contributed by atoms with Crippen LogP contribution in [-0.2, 0) is 11.2 Å². The van der Waals surface area contributed by atoms with E-state index in [0.717, 1.165) is 12.0 Å². The number of carboxylic acids is 1. The number of carboxylic acid groups (broad SMARTS) is 1. The smallest absolute Gasteiger partial charge is 0.341 e. The Morgan fingerprint density at radius 1 is 1.04 bits per heavy atom. The quantitative estimate of drug-likeness (QED) is 0.474. The number of benzene rings is 2. The van der Waals surface area contributed by atoms with E-state index >= 15 is 0 Å². The number of aliphatic hydroxyl groups excluding tert-OH is 1. The van der Waals surface area contributed by atoms with E-state index in [1.54, 1.807) is 24.3 Å². The molecule has 0 fully saturated rings. The highest BCUT2D eigenvalue weighted by Crippen LogP contribution is 2.16. The Labute approximate surface area is 158 Å². The summed E-state index contributed by atoms with van der Waals surface area (Å²) in [5, 5.41) is 31.1. The zero-order valence-corrected chi connectivity index (χ0v) is 15.2. The molecular formula is C20H25NO6. The summed E-state index contributed by atoms with van der Waals surface area (Å²) in [6.45, 7) is 2.20. The minimum absolute atomic E-state index is 0.138. The zero-order valence-electron chi connectivity index (χ0n) is 15.2. The van der Waals surface area contributed by atoms with Crippen molar-refractivity contribution in [2.45, 2.75) is 25.5 Å². The molecule has 0 saturated carbocycles. The summed E-state index contributed by atoms with van der Waals surface area (Å²) in [6.07, 6.45) is 0.0955. The Hall–Kier alpha value is -2.77. The van der Waals surface area contributed by atoms with Gasteiger partial charge in [0.25, 0.3) is 0 Å². The number of carbonyl (C=O) groups is 1. The molecule has 0 bridgehead atoms. The number of aliphatic hydroxyl groups is 1. The van der Waals surface area contributed by atoms with Crippen molar-refractivity contribution in [2.75, 3.05) is 19.8 Å². The number of ether oxygens (including phenoxy) is 2. The van der Waals surface area contributed by atoms with E-state index in [9.17, 15) is 15.0 Å². The van der Waals surface area contributed by atoms with Gasteiger partial charge in [-0.2, -0.15) is 0 Å². The van der Waals surface area contributed by atoms with Crippen molar-refractivity contribution in [3.63, 3.8) is 0 Å². The van der Waals surface area contributed by atoms with Crippen LogP contribution in [0.1, 0.15) is 12.5 Å². The normalized spacial score (nSPS) is 13.0. The molecule has 4 N–H and O–H groups in total. The maximum absolute atomic E-state index is 10.5. The number of aromatic hydroxyl groups is 1. The lowest BCUT2D eigenvalue weighted by molar-refractivity contribution is -0.139. The number of nitrogens with one attached hydrogen (secondary N) is 1. The van der Waals surface area contributed by atoms with Gasteiger partial charge >= 0.3 is 5.97 Å². The highest BCUT2D eigenvalue weighted by atomic mass is 16.5. The van der Waals surface area contributed by atoms with Crippen LogP contribution in [0.3, 0.4) is 0 Å². The molecule has 2 aromatic rings. The van der Waals surface area contributed by atoms with Crippen LogP contribution in [0.25, 0.3) is 0 Å². The molecule has 0 aromatic heterocycles. The number of rotatable bonds is 11. The summed E-state index contributed by atoms with van der Waals surface area (Å²) in [4.78, 5) is 10.5. The van der Waals surface area contributed by atoms with Gasteiger partial charge in [-0.1, -0.05) is 12.1 Å². The predicted octanol–water partition coefficient (Wildman–Crippen LogP) is 1.82. The molecule has 146 valence electrons. The second-order valence-corrected chi connectivity index (χ2v) is 6.30. The predicted molar refractivity (Wildman–Crippen MR) is 100 cm³/mol. The first-order valence-electron chi connectivity index (χ1n) is 8.69. The minimum Gasteiger partial charge on any atom is -0.508 e. The van der Waals surface area contributed by atoms with Crippen LogP contribution in [0.2, 0.25) is 0 Å². The van der Waals surface area contributed by atoms with Crippen LogP contribution in [0, 0.1) is 0 Å². The van der Waals surface area contributed by atoms with E-state index in [-0.39, 0.29) is 25.0 Å². The molecule has 0 spiro atoms. The molecule has 7 nitrogen and oxygen atoms in total. The van der Waals surface area contributed by atoms with Crippen LogP contribution < -0.4 is 14.8 Å². The summed E-state index contributed by atoms with van der Waals surface area (Å²) in [6, 6.07) is 13.7. The average Bonchev–Trinajstić information content (AvgIpc) is 2.65. The monoisotopic (exact) mass is 375 g/mol. The molecule has 2 rings (SSSR count). The summed E-state index contributed by atoms with van der Waals surface area (Å²) in [7, 11) is 0. The van der Waals surface area contributed by atoms with Gasteiger partial charge in [-0.3, -0.25) is 0 Å². The zero-order chi connectivity index (χ0) is 19.6. The van der Waals surface area contributed by atoms with Crippen LogP contribution in [0.5, 0.6) is 17.2 Å². The third-order valence-electron chi connectivity index (χ3n) is 3.81. The van der Waals surface area contributed by atoms with Gasteiger partial charge in [-0.25, -0.2) is 4.79 Å². The van der Waals surface area contributed by atoms with E-state index in [2.05, 4.69) is 5.32 Å².